The summed E-state index contributed by atoms with van der Waals surface area (Å²) in [6, 6.07) is 7.14. The van der Waals surface area contributed by atoms with Crippen molar-refractivity contribution in [2.45, 2.75) is 0 Å². The molecule has 0 bridgehead atoms. The highest BCUT2D eigenvalue weighted by molar-refractivity contribution is 5.94. The molecule has 0 radical (unpaired) electrons. The zero-order valence-electron chi connectivity index (χ0n) is 8.19. The lowest BCUT2D eigenvalue weighted by Crippen LogP contribution is -2.17. The number of hydrogen-bond acceptors (Lipinski definition) is 3. The van der Waals surface area contributed by atoms with Gasteiger partial charge in [0.2, 0.25) is 0 Å². The fraction of sp³-hybridized carbons (Fsp3) is 0.100. The van der Waals surface area contributed by atoms with Crippen LogP contribution in [-0.4, -0.2) is 28.1 Å². The van der Waals surface area contributed by atoms with E-state index in [1.54, 1.807) is 19.2 Å². The van der Waals surface area contributed by atoms with E-state index in [4.69, 9.17) is 0 Å². The Balaban J connectivity index is 2.29. The maximum Gasteiger partial charge on any atom is 0.251 e. The number of benzene rings is 1. The summed E-state index contributed by atoms with van der Waals surface area (Å²) in [5.74, 6) is 0.595. The van der Waals surface area contributed by atoms with E-state index in [0.717, 1.165) is 5.56 Å². The minimum atomic E-state index is -0.0980. The third kappa shape index (κ3) is 1.85. The number of aromatic amines is 1. The number of nitrogens with zero attached hydrogens (tertiary/aromatic N) is 2. The Morgan fingerprint density at radius 1 is 1.33 bits per heavy atom. The second-order valence-corrected chi connectivity index (χ2v) is 2.99. The van der Waals surface area contributed by atoms with Gasteiger partial charge < -0.3 is 5.32 Å². The van der Waals surface area contributed by atoms with Crippen molar-refractivity contribution in [3.63, 3.8) is 0 Å². The summed E-state index contributed by atoms with van der Waals surface area (Å²) in [7, 11) is 1.60. The summed E-state index contributed by atoms with van der Waals surface area (Å²) in [6.45, 7) is 0. The number of aromatic nitrogens is 3. The monoisotopic (exact) mass is 202 g/mol. The van der Waals surface area contributed by atoms with E-state index in [9.17, 15) is 4.79 Å². The van der Waals surface area contributed by atoms with Gasteiger partial charge in [-0.25, -0.2) is 4.98 Å². The van der Waals surface area contributed by atoms with Crippen molar-refractivity contribution in [3.8, 4) is 11.4 Å². The quantitative estimate of drug-likeness (QED) is 0.757. The van der Waals surface area contributed by atoms with Crippen LogP contribution >= 0.6 is 0 Å². The van der Waals surface area contributed by atoms with Gasteiger partial charge in [-0.1, -0.05) is 12.1 Å². The molecule has 0 unspecified atom stereocenters. The molecular formula is C10H10N4O. The standard InChI is InChI=1S/C10H10N4O/c1-11-10(15)8-4-2-7(3-5-8)9-12-6-13-14-9/h2-6H,1H3,(H,11,15)(H,12,13,14). The second-order valence-electron chi connectivity index (χ2n) is 2.99. The molecule has 1 aromatic carbocycles. The van der Waals surface area contributed by atoms with Gasteiger partial charge in [0, 0.05) is 18.2 Å². The third-order valence-corrected chi connectivity index (χ3v) is 2.06. The number of amides is 1. The first-order chi connectivity index (χ1) is 7.31. The van der Waals surface area contributed by atoms with Crippen molar-refractivity contribution in [3.05, 3.63) is 36.2 Å². The van der Waals surface area contributed by atoms with Gasteiger partial charge in [-0.05, 0) is 12.1 Å². The molecule has 5 nitrogen and oxygen atoms in total. The van der Waals surface area contributed by atoms with Gasteiger partial charge in [-0.15, -0.1) is 0 Å². The average molecular weight is 202 g/mol. The van der Waals surface area contributed by atoms with E-state index in [2.05, 4.69) is 20.5 Å². The van der Waals surface area contributed by atoms with Crippen LogP contribution in [0.3, 0.4) is 0 Å². The summed E-state index contributed by atoms with van der Waals surface area (Å²) >= 11 is 0. The number of carbonyl (C=O) groups is 1. The number of nitrogens with one attached hydrogen (secondary N) is 2. The second kappa shape index (κ2) is 3.91. The number of carbonyl (C=O) groups excluding carboxylic acids is 1. The van der Waals surface area contributed by atoms with Crippen LogP contribution in [0.15, 0.2) is 30.6 Å². The topological polar surface area (TPSA) is 70.7 Å². The minimum absolute atomic E-state index is 0.0980. The smallest absolute Gasteiger partial charge is 0.251 e. The number of H-pyrrole nitrogens is 1. The van der Waals surface area contributed by atoms with Crippen LogP contribution in [0.4, 0.5) is 0 Å². The molecule has 0 aliphatic rings. The Hall–Kier alpha value is -2.17. The van der Waals surface area contributed by atoms with Crippen molar-refractivity contribution < 1.29 is 4.79 Å². The highest BCUT2D eigenvalue weighted by Crippen LogP contribution is 2.14. The van der Waals surface area contributed by atoms with Crippen molar-refractivity contribution >= 4 is 5.91 Å². The van der Waals surface area contributed by atoms with E-state index in [-0.39, 0.29) is 5.91 Å². The van der Waals surface area contributed by atoms with Gasteiger partial charge in [0.05, 0.1) is 0 Å². The molecule has 0 atom stereocenters. The first kappa shape index (κ1) is 9.39. The maximum atomic E-state index is 11.3. The largest absolute Gasteiger partial charge is 0.355 e. The van der Waals surface area contributed by atoms with Crippen LogP contribution in [-0.2, 0) is 0 Å². The van der Waals surface area contributed by atoms with E-state index >= 15 is 0 Å². The van der Waals surface area contributed by atoms with Crippen molar-refractivity contribution in [1.29, 1.82) is 0 Å². The Bertz CT molecular complexity index is 447. The zero-order valence-corrected chi connectivity index (χ0v) is 8.19. The predicted molar refractivity (Wildman–Crippen MR) is 55.2 cm³/mol. The van der Waals surface area contributed by atoms with Gasteiger partial charge in [0.25, 0.3) is 5.91 Å². The highest BCUT2D eigenvalue weighted by Gasteiger charge is 2.04. The number of hydrogen-bond donors (Lipinski definition) is 2. The van der Waals surface area contributed by atoms with Crippen LogP contribution < -0.4 is 5.32 Å². The fourth-order valence-electron chi connectivity index (χ4n) is 1.27. The molecule has 0 fully saturated rings. The van der Waals surface area contributed by atoms with Crippen LogP contribution in [0.1, 0.15) is 10.4 Å². The zero-order chi connectivity index (χ0) is 10.7. The van der Waals surface area contributed by atoms with E-state index < -0.39 is 0 Å². The van der Waals surface area contributed by atoms with Crippen LogP contribution in [0.25, 0.3) is 11.4 Å². The molecule has 2 rings (SSSR count). The SMILES string of the molecule is CNC(=O)c1ccc(-c2ncn[nH]2)cc1. The van der Waals surface area contributed by atoms with E-state index in [1.165, 1.54) is 6.33 Å². The first-order valence-corrected chi connectivity index (χ1v) is 4.49. The van der Waals surface area contributed by atoms with Crippen molar-refractivity contribution in [2.24, 2.45) is 0 Å². The molecular weight excluding hydrogens is 192 g/mol. The lowest BCUT2D eigenvalue weighted by molar-refractivity contribution is 0.0963. The lowest BCUT2D eigenvalue weighted by Gasteiger charge is -2.00. The van der Waals surface area contributed by atoms with Gasteiger partial charge >= 0.3 is 0 Å². The summed E-state index contributed by atoms with van der Waals surface area (Å²) in [5.41, 5.74) is 1.53. The van der Waals surface area contributed by atoms with Crippen LogP contribution in [0.2, 0.25) is 0 Å². The Labute approximate surface area is 86.5 Å². The summed E-state index contributed by atoms with van der Waals surface area (Å²) in [5, 5.41) is 9.07. The molecule has 0 aliphatic heterocycles. The average Bonchev–Trinajstić information content (AvgIpc) is 2.82. The molecule has 1 aromatic heterocycles. The normalized spacial score (nSPS) is 9.93. The van der Waals surface area contributed by atoms with Gasteiger partial charge in [-0.2, -0.15) is 5.10 Å². The van der Waals surface area contributed by atoms with Crippen molar-refractivity contribution in [2.75, 3.05) is 7.05 Å². The fourth-order valence-corrected chi connectivity index (χ4v) is 1.27. The highest BCUT2D eigenvalue weighted by atomic mass is 16.1. The van der Waals surface area contributed by atoms with Crippen molar-refractivity contribution in [1.82, 2.24) is 20.5 Å². The van der Waals surface area contributed by atoms with Gasteiger partial charge in [0.15, 0.2) is 5.82 Å². The Morgan fingerprint density at radius 3 is 2.60 bits per heavy atom. The molecule has 2 aromatic rings. The van der Waals surface area contributed by atoms with Crippen LogP contribution in [0, 0.1) is 0 Å². The molecule has 0 aliphatic carbocycles. The Kier molecular flexibility index (Phi) is 2.45. The maximum absolute atomic E-state index is 11.3. The molecule has 0 saturated carbocycles. The van der Waals surface area contributed by atoms with Gasteiger partial charge in [-0.3, -0.25) is 9.89 Å². The Morgan fingerprint density at radius 2 is 2.07 bits per heavy atom. The predicted octanol–water partition coefficient (Wildman–Crippen LogP) is 0.831. The molecule has 1 heterocycles. The lowest BCUT2D eigenvalue weighted by atomic mass is 10.1. The van der Waals surface area contributed by atoms with E-state index in [1.807, 2.05) is 12.1 Å². The van der Waals surface area contributed by atoms with E-state index in [0.29, 0.717) is 11.4 Å². The summed E-state index contributed by atoms with van der Waals surface area (Å²) in [4.78, 5) is 15.3. The summed E-state index contributed by atoms with van der Waals surface area (Å²) < 4.78 is 0. The summed E-state index contributed by atoms with van der Waals surface area (Å²) in [6.07, 6.45) is 1.45. The third-order valence-electron chi connectivity index (χ3n) is 2.06. The number of rotatable bonds is 2. The minimum Gasteiger partial charge on any atom is -0.355 e. The van der Waals surface area contributed by atoms with Gasteiger partial charge in [0.1, 0.15) is 6.33 Å². The molecule has 2 N–H and O–H groups in total. The molecule has 1 amide bonds. The molecule has 0 saturated heterocycles. The molecule has 15 heavy (non-hydrogen) atoms. The first-order valence-electron chi connectivity index (χ1n) is 4.49. The molecule has 0 spiro atoms. The molecule has 76 valence electrons. The van der Waals surface area contributed by atoms with Crippen LogP contribution in [0.5, 0.6) is 0 Å². The molecule has 5 heteroatoms.